The molecule has 0 bridgehead atoms. The largest absolute Gasteiger partial charge is 0.325 e. The summed E-state index contributed by atoms with van der Waals surface area (Å²) in [5.74, 6) is -1.02. The quantitative estimate of drug-likeness (QED) is 0.610. The summed E-state index contributed by atoms with van der Waals surface area (Å²) in [6.07, 6.45) is 2.33. The van der Waals surface area contributed by atoms with E-state index in [-0.39, 0.29) is 5.15 Å². The molecule has 0 spiro atoms. The molecule has 7 nitrogen and oxygen atoms in total. The van der Waals surface area contributed by atoms with Crippen LogP contribution in [0.3, 0.4) is 0 Å². The Hall–Kier alpha value is -2.93. The second-order valence-electron chi connectivity index (χ2n) is 6.39. The third-order valence-electron chi connectivity index (χ3n) is 4.49. The van der Waals surface area contributed by atoms with E-state index in [4.69, 9.17) is 11.6 Å². The van der Waals surface area contributed by atoms with Crippen molar-refractivity contribution in [3.8, 4) is 0 Å². The van der Waals surface area contributed by atoms with Gasteiger partial charge in [0.1, 0.15) is 17.2 Å². The van der Waals surface area contributed by atoms with Crippen molar-refractivity contribution in [3.63, 3.8) is 0 Å². The molecule has 3 rings (SSSR count). The fourth-order valence-electron chi connectivity index (χ4n) is 3.00. The fraction of sp³-hybridized carbons (Fsp3) is 0.263. The van der Waals surface area contributed by atoms with Gasteiger partial charge in [0.25, 0.3) is 5.91 Å². The van der Waals surface area contributed by atoms with E-state index in [9.17, 15) is 14.4 Å². The molecule has 0 unspecified atom stereocenters. The average molecular weight is 387 g/mol. The van der Waals surface area contributed by atoms with Crippen molar-refractivity contribution < 1.29 is 14.4 Å². The summed E-state index contributed by atoms with van der Waals surface area (Å²) >= 11 is 6.08. The van der Waals surface area contributed by atoms with Crippen LogP contribution in [0.1, 0.15) is 25.0 Å². The Morgan fingerprint density at radius 3 is 2.78 bits per heavy atom. The summed E-state index contributed by atoms with van der Waals surface area (Å²) < 4.78 is 0. The minimum Gasteiger partial charge on any atom is -0.325 e. The number of benzene rings is 1. The first-order valence-electron chi connectivity index (χ1n) is 8.49. The Morgan fingerprint density at radius 1 is 1.30 bits per heavy atom. The standard InChI is InChI=1S/C19H19ClN4O3/c1-3-12-6-4-7-13(10-12)22-15(25)11-24-17(26)19(2,23-18(24)27)14-8-5-9-21-16(14)20/h4-10H,3,11H2,1-2H3,(H,22,25)(H,23,27)/t19-/m1/s1. The molecule has 1 aliphatic rings. The van der Waals surface area contributed by atoms with Gasteiger partial charge < -0.3 is 10.6 Å². The zero-order chi connectivity index (χ0) is 19.6. The predicted octanol–water partition coefficient (Wildman–Crippen LogP) is 2.70. The molecule has 4 amide bonds. The van der Waals surface area contributed by atoms with E-state index in [1.54, 1.807) is 25.1 Å². The number of nitrogens with one attached hydrogen (secondary N) is 2. The van der Waals surface area contributed by atoms with E-state index < -0.39 is 29.9 Å². The molecule has 1 aromatic heterocycles. The topological polar surface area (TPSA) is 91.4 Å². The number of hydrogen-bond acceptors (Lipinski definition) is 4. The molecular weight excluding hydrogens is 368 g/mol. The summed E-state index contributed by atoms with van der Waals surface area (Å²) in [5, 5.41) is 5.44. The molecule has 1 aliphatic heterocycles. The normalized spacial score (nSPS) is 19.1. The molecule has 1 atom stereocenters. The van der Waals surface area contributed by atoms with Gasteiger partial charge in [-0.3, -0.25) is 14.5 Å². The maximum Gasteiger partial charge on any atom is 0.325 e. The van der Waals surface area contributed by atoms with Crippen LogP contribution in [0.4, 0.5) is 10.5 Å². The van der Waals surface area contributed by atoms with Gasteiger partial charge in [-0.1, -0.05) is 36.7 Å². The second kappa shape index (κ2) is 7.36. The van der Waals surface area contributed by atoms with Crippen LogP contribution in [-0.2, 0) is 21.5 Å². The lowest BCUT2D eigenvalue weighted by Gasteiger charge is -2.22. The second-order valence-corrected chi connectivity index (χ2v) is 6.75. The zero-order valence-corrected chi connectivity index (χ0v) is 15.7. The van der Waals surface area contributed by atoms with E-state index in [0.717, 1.165) is 16.9 Å². The van der Waals surface area contributed by atoms with Gasteiger partial charge in [0, 0.05) is 17.4 Å². The number of carbonyl (C=O) groups is 3. The van der Waals surface area contributed by atoms with Crippen molar-refractivity contribution in [2.45, 2.75) is 25.8 Å². The van der Waals surface area contributed by atoms with Crippen LogP contribution in [0.5, 0.6) is 0 Å². The molecule has 2 aromatic rings. The Kier molecular flexibility index (Phi) is 5.14. The van der Waals surface area contributed by atoms with Crippen molar-refractivity contribution >= 4 is 35.1 Å². The van der Waals surface area contributed by atoms with E-state index in [1.807, 2.05) is 25.1 Å². The molecule has 1 aromatic carbocycles. The number of imide groups is 1. The van der Waals surface area contributed by atoms with Gasteiger partial charge in [-0.25, -0.2) is 9.78 Å². The van der Waals surface area contributed by atoms with Crippen molar-refractivity contribution in [2.24, 2.45) is 0 Å². The van der Waals surface area contributed by atoms with Crippen molar-refractivity contribution in [2.75, 3.05) is 11.9 Å². The molecule has 2 N–H and O–H groups in total. The molecule has 1 saturated heterocycles. The SMILES string of the molecule is CCc1cccc(NC(=O)CN2C(=O)N[C@](C)(c3cccnc3Cl)C2=O)c1. The molecule has 1 fully saturated rings. The maximum atomic E-state index is 12.9. The first kappa shape index (κ1) is 18.8. The van der Waals surface area contributed by atoms with Crippen molar-refractivity contribution in [1.29, 1.82) is 0 Å². The van der Waals surface area contributed by atoms with Crippen LogP contribution in [0, 0.1) is 0 Å². The van der Waals surface area contributed by atoms with E-state index in [1.165, 1.54) is 6.20 Å². The molecule has 8 heteroatoms. The molecule has 140 valence electrons. The minimum atomic E-state index is -1.37. The number of aromatic nitrogens is 1. The van der Waals surface area contributed by atoms with Crippen LogP contribution in [-0.4, -0.2) is 34.3 Å². The summed E-state index contributed by atoms with van der Waals surface area (Å²) in [6, 6.07) is 9.99. The number of pyridine rings is 1. The molecule has 0 saturated carbocycles. The lowest BCUT2D eigenvalue weighted by Crippen LogP contribution is -2.42. The van der Waals surface area contributed by atoms with E-state index >= 15 is 0 Å². The summed E-state index contributed by atoms with van der Waals surface area (Å²) in [7, 11) is 0. The molecule has 2 heterocycles. The molecule has 27 heavy (non-hydrogen) atoms. The van der Waals surface area contributed by atoms with Gasteiger partial charge >= 0.3 is 6.03 Å². The Bertz CT molecular complexity index is 917. The Morgan fingerprint density at radius 2 is 2.07 bits per heavy atom. The highest BCUT2D eigenvalue weighted by atomic mass is 35.5. The maximum absolute atomic E-state index is 12.9. The highest BCUT2D eigenvalue weighted by molar-refractivity contribution is 6.30. The number of halogens is 1. The van der Waals surface area contributed by atoms with Gasteiger partial charge in [0.2, 0.25) is 5.91 Å². The fourth-order valence-corrected chi connectivity index (χ4v) is 3.30. The number of anilines is 1. The van der Waals surface area contributed by atoms with E-state index in [0.29, 0.717) is 11.3 Å². The number of rotatable bonds is 5. The van der Waals surface area contributed by atoms with Gasteiger partial charge in [-0.15, -0.1) is 0 Å². The third kappa shape index (κ3) is 3.64. The Labute approximate surface area is 161 Å². The highest BCUT2D eigenvalue weighted by Gasteiger charge is 2.50. The smallest absolute Gasteiger partial charge is 0.325 e. The average Bonchev–Trinajstić information content (AvgIpc) is 2.86. The molecule has 0 radical (unpaired) electrons. The van der Waals surface area contributed by atoms with Crippen molar-refractivity contribution in [3.05, 3.63) is 58.9 Å². The Balaban J connectivity index is 1.75. The number of carbonyl (C=O) groups excluding carboxylic acids is 3. The minimum absolute atomic E-state index is 0.122. The predicted molar refractivity (Wildman–Crippen MR) is 101 cm³/mol. The third-order valence-corrected chi connectivity index (χ3v) is 4.79. The first-order valence-corrected chi connectivity index (χ1v) is 8.87. The monoisotopic (exact) mass is 386 g/mol. The van der Waals surface area contributed by atoms with Gasteiger partial charge in [-0.05, 0) is 37.1 Å². The van der Waals surface area contributed by atoms with Crippen molar-refractivity contribution in [1.82, 2.24) is 15.2 Å². The first-order chi connectivity index (χ1) is 12.8. The van der Waals surface area contributed by atoms with Crippen LogP contribution < -0.4 is 10.6 Å². The van der Waals surface area contributed by atoms with Crippen LogP contribution in [0.2, 0.25) is 5.15 Å². The number of hydrogen-bond donors (Lipinski definition) is 2. The lowest BCUT2D eigenvalue weighted by atomic mass is 9.93. The van der Waals surface area contributed by atoms with Crippen LogP contribution in [0.25, 0.3) is 0 Å². The summed E-state index contributed by atoms with van der Waals surface area (Å²) in [5.41, 5.74) is 0.694. The summed E-state index contributed by atoms with van der Waals surface area (Å²) in [4.78, 5) is 42.4. The molecular formula is C19H19ClN4O3. The number of amides is 4. The van der Waals surface area contributed by atoms with Gasteiger partial charge in [0.15, 0.2) is 0 Å². The van der Waals surface area contributed by atoms with Crippen LogP contribution in [0.15, 0.2) is 42.6 Å². The number of nitrogens with zero attached hydrogens (tertiary/aromatic N) is 2. The van der Waals surface area contributed by atoms with Crippen LogP contribution >= 0.6 is 11.6 Å². The van der Waals surface area contributed by atoms with E-state index in [2.05, 4.69) is 15.6 Å². The van der Waals surface area contributed by atoms with Gasteiger partial charge in [-0.2, -0.15) is 0 Å². The van der Waals surface area contributed by atoms with Gasteiger partial charge in [0.05, 0.1) is 0 Å². The summed E-state index contributed by atoms with van der Waals surface area (Å²) in [6.45, 7) is 3.16. The number of aryl methyl sites for hydroxylation is 1. The highest BCUT2D eigenvalue weighted by Crippen LogP contribution is 2.32. The zero-order valence-electron chi connectivity index (χ0n) is 15.0. The lowest BCUT2D eigenvalue weighted by molar-refractivity contribution is -0.133. The molecule has 0 aliphatic carbocycles. The number of urea groups is 1.